The van der Waals surface area contributed by atoms with Crippen molar-refractivity contribution in [2.75, 3.05) is 13.2 Å². The fourth-order valence-electron chi connectivity index (χ4n) is 3.01. The van der Waals surface area contributed by atoms with Gasteiger partial charge in [0.05, 0.1) is 18.0 Å². The van der Waals surface area contributed by atoms with Gasteiger partial charge in [-0.25, -0.2) is 0 Å². The Kier molecular flexibility index (Phi) is 4.37. The van der Waals surface area contributed by atoms with E-state index in [9.17, 15) is 0 Å². The van der Waals surface area contributed by atoms with Gasteiger partial charge in [-0.05, 0) is 31.0 Å². The molecular weight excluding hydrogens is 322 g/mol. The lowest BCUT2D eigenvalue weighted by molar-refractivity contribution is 0.117. The molecule has 24 heavy (non-hydrogen) atoms. The lowest BCUT2D eigenvalue weighted by Crippen LogP contribution is -2.13. The molecular formula is C20H18ClNO2. The summed E-state index contributed by atoms with van der Waals surface area (Å²) in [4.78, 5) is 4.80. The first kappa shape index (κ1) is 15.4. The van der Waals surface area contributed by atoms with Gasteiger partial charge < -0.3 is 9.15 Å². The summed E-state index contributed by atoms with van der Waals surface area (Å²) in [6.45, 7) is 1.51. The molecule has 2 heterocycles. The van der Waals surface area contributed by atoms with E-state index in [1.54, 1.807) is 0 Å². The minimum Gasteiger partial charge on any atom is -0.456 e. The van der Waals surface area contributed by atoms with Gasteiger partial charge in [0.1, 0.15) is 11.3 Å². The topological polar surface area (TPSA) is 34.7 Å². The standard InChI is InChI=1S/C20H18ClNO2/c21-15-8-9-19-17(11-15)18(22-13-16-7-4-10-23-16)12-20(24-19)14-5-2-1-3-6-14/h1-3,5-6,8-9,11-12,16H,4,7,10,13H2/t16-/m0/s1. The van der Waals surface area contributed by atoms with E-state index in [0.29, 0.717) is 11.6 Å². The molecule has 1 aliphatic rings. The third-order valence-corrected chi connectivity index (χ3v) is 4.49. The summed E-state index contributed by atoms with van der Waals surface area (Å²) in [5.41, 5.74) is 1.81. The smallest absolute Gasteiger partial charge is 0.136 e. The van der Waals surface area contributed by atoms with Crippen LogP contribution in [-0.2, 0) is 4.74 Å². The van der Waals surface area contributed by atoms with E-state index < -0.39 is 0 Å². The van der Waals surface area contributed by atoms with E-state index in [-0.39, 0.29) is 6.10 Å². The van der Waals surface area contributed by atoms with Crippen molar-refractivity contribution in [3.8, 4) is 11.3 Å². The summed E-state index contributed by atoms with van der Waals surface area (Å²) in [5.74, 6) is 0.802. The SMILES string of the molecule is Clc1ccc2oc(-c3ccccc3)cc(=NC[C@@H]3CCCO3)c2c1. The fourth-order valence-corrected chi connectivity index (χ4v) is 3.18. The first-order valence-corrected chi connectivity index (χ1v) is 8.58. The number of nitrogens with zero attached hydrogens (tertiary/aromatic N) is 1. The summed E-state index contributed by atoms with van der Waals surface area (Å²) >= 11 is 6.17. The summed E-state index contributed by atoms with van der Waals surface area (Å²) in [6, 6.07) is 17.7. The molecule has 0 N–H and O–H groups in total. The quantitative estimate of drug-likeness (QED) is 0.684. The van der Waals surface area contributed by atoms with Crippen molar-refractivity contribution in [3.05, 3.63) is 65.0 Å². The van der Waals surface area contributed by atoms with Gasteiger partial charge in [-0.1, -0.05) is 41.9 Å². The predicted molar refractivity (Wildman–Crippen MR) is 96.1 cm³/mol. The molecule has 3 aromatic rings. The average molecular weight is 340 g/mol. The van der Waals surface area contributed by atoms with Crippen LogP contribution in [0.1, 0.15) is 12.8 Å². The lowest BCUT2D eigenvalue weighted by Gasteiger charge is -2.07. The van der Waals surface area contributed by atoms with Gasteiger partial charge in [0, 0.05) is 28.6 Å². The Morgan fingerprint density at radius 1 is 1.08 bits per heavy atom. The Labute approximate surface area is 145 Å². The van der Waals surface area contributed by atoms with Crippen LogP contribution < -0.4 is 5.36 Å². The molecule has 1 aromatic heterocycles. The van der Waals surface area contributed by atoms with E-state index in [1.165, 1.54) is 0 Å². The molecule has 3 nitrogen and oxygen atoms in total. The number of fused-ring (bicyclic) bond motifs is 1. The number of hydrogen-bond donors (Lipinski definition) is 0. The highest BCUT2D eigenvalue weighted by Crippen LogP contribution is 2.24. The zero-order valence-electron chi connectivity index (χ0n) is 13.2. The monoisotopic (exact) mass is 339 g/mol. The maximum absolute atomic E-state index is 6.17. The average Bonchev–Trinajstić information content (AvgIpc) is 3.14. The van der Waals surface area contributed by atoms with Gasteiger partial charge in [0.2, 0.25) is 0 Å². The van der Waals surface area contributed by atoms with Crippen molar-refractivity contribution in [1.82, 2.24) is 0 Å². The van der Waals surface area contributed by atoms with Crippen LogP contribution in [0.4, 0.5) is 0 Å². The second-order valence-electron chi connectivity index (χ2n) is 5.98. The number of rotatable bonds is 3. The van der Waals surface area contributed by atoms with Gasteiger partial charge in [-0.2, -0.15) is 0 Å². The van der Waals surface area contributed by atoms with E-state index in [1.807, 2.05) is 54.6 Å². The van der Waals surface area contributed by atoms with E-state index in [0.717, 1.165) is 47.1 Å². The van der Waals surface area contributed by atoms with Gasteiger partial charge in [-0.15, -0.1) is 0 Å². The fraction of sp³-hybridized carbons (Fsp3) is 0.250. The molecule has 0 spiro atoms. The van der Waals surface area contributed by atoms with E-state index in [4.69, 9.17) is 25.7 Å². The molecule has 0 saturated carbocycles. The van der Waals surface area contributed by atoms with Crippen molar-refractivity contribution in [2.24, 2.45) is 4.99 Å². The number of benzene rings is 2. The minimum absolute atomic E-state index is 0.219. The molecule has 4 rings (SSSR count). The molecule has 1 atom stereocenters. The first-order valence-electron chi connectivity index (χ1n) is 8.20. The van der Waals surface area contributed by atoms with Gasteiger partial charge in [0.25, 0.3) is 0 Å². The molecule has 1 saturated heterocycles. The van der Waals surface area contributed by atoms with Crippen molar-refractivity contribution in [1.29, 1.82) is 0 Å². The van der Waals surface area contributed by atoms with Crippen molar-refractivity contribution in [3.63, 3.8) is 0 Å². The Balaban J connectivity index is 1.85. The van der Waals surface area contributed by atoms with Crippen LogP contribution in [0.3, 0.4) is 0 Å². The molecule has 0 unspecified atom stereocenters. The molecule has 122 valence electrons. The van der Waals surface area contributed by atoms with Crippen molar-refractivity contribution >= 4 is 22.6 Å². The maximum Gasteiger partial charge on any atom is 0.136 e. The van der Waals surface area contributed by atoms with Crippen LogP contribution in [0, 0.1) is 0 Å². The largest absolute Gasteiger partial charge is 0.456 e. The molecule has 0 amide bonds. The Bertz CT molecular complexity index is 912. The Morgan fingerprint density at radius 3 is 2.75 bits per heavy atom. The highest BCUT2D eigenvalue weighted by molar-refractivity contribution is 6.31. The molecule has 2 aromatic carbocycles. The second-order valence-corrected chi connectivity index (χ2v) is 6.41. The number of hydrogen-bond acceptors (Lipinski definition) is 3. The molecule has 0 aliphatic carbocycles. The molecule has 1 fully saturated rings. The second kappa shape index (κ2) is 6.80. The van der Waals surface area contributed by atoms with Crippen LogP contribution in [0.5, 0.6) is 0 Å². The van der Waals surface area contributed by atoms with E-state index in [2.05, 4.69) is 0 Å². The van der Waals surface area contributed by atoms with Crippen LogP contribution in [0.25, 0.3) is 22.3 Å². The van der Waals surface area contributed by atoms with Crippen LogP contribution in [0.2, 0.25) is 5.02 Å². The Hall–Kier alpha value is -2.10. The Morgan fingerprint density at radius 2 is 1.96 bits per heavy atom. The lowest BCUT2D eigenvalue weighted by atomic mass is 10.1. The summed E-state index contributed by atoms with van der Waals surface area (Å²) in [5, 5.41) is 2.51. The maximum atomic E-state index is 6.17. The summed E-state index contributed by atoms with van der Waals surface area (Å²) < 4.78 is 11.7. The van der Waals surface area contributed by atoms with Crippen LogP contribution in [0.15, 0.2) is 64.0 Å². The molecule has 1 aliphatic heterocycles. The third kappa shape index (κ3) is 3.23. The highest BCUT2D eigenvalue weighted by Gasteiger charge is 2.14. The number of ether oxygens (including phenoxy) is 1. The van der Waals surface area contributed by atoms with E-state index >= 15 is 0 Å². The summed E-state index contributed by atoms with van der Waals surface area (Å²) in [7, 11) is 0. The van der Waals surface area contributed by atoms with Crippen LogP contribution >= 0.6 is 11.6 Å². The molecule has 0 bridgehead atoms. The third-order valence-electron chi connectivity index (χ3n) is 4.25. The zero-order chi connectivity index (χ0) is 16.4. The summed E-state index contributed by atoms with van der Waals surface area (Å²) in [6.07, 6.45) is 2.41. The zero-order valence-corrected chi connectivity index (χ0v) is 14.0. The molecule has 4 heteroatoms. The predicted octanol–water partition coefficient (Wildman–Crippen LogP) is 4.83. The van der Waals surface area contributed by atoms with Gasteiger partial charge in [-0.3, -0.25) is 4.99 Å². The normalized spacial score (nSPS) is 18.4. The van der Waals surface area contributed by atoms with Crippen molar-refractivity contribution in [2.45, 2.75) is 18.9 Å². The van der Waals surface area contributed by atoms with Crippen molar-refractivity contribution < 1.29 is 9.15 Å². The van der Waals surface area contributed by atoms with Crippen LogP contribution in [-0.4, -0.2) is 19.3 Å². The first-order chi connectivity index (χ1) is 11.8. The minimum atomic E-state index is 0.219. The molecule has 0 radical (unpaired) electrons. The van der Waals surface area contributed by atoms with Gasteiger partial charge in [0.15, 0.2) is 0 Å². The number of halogens is 1. The van der Waals surface area contributed by atoms with Gasteiger partial charge >= 0.3 is 0 Å². The highest BCUT2D eigenvalue weighted by atomic mass is 35.5.